The molecule has 5 nitrogen and oxygen atoms in total. The number of hydrogen-bond acceptors (Lipinski definition) is 4. The maximum Gasteiger partial charge on any atom is 0.246 e. The van der Waals surface area contributed by atoms with E-state index >= 15 is 0 Å². The average molecular weight is 283 g/mol. The van der Waals surface area contributed by atoms with E-state index < -0.39 is 0 Å². The van der Waals surface area contributed by atoms with Crippen LogP contribution in [0, 0.1) is 0 Å². The van der Waals surface area contributed by atoms with Crippen LogP contribution in [0.5, 0.6) is 0 Å². The summed E-state index contributed by atoms with van der Waals surface area (Å²) in [6, 6.07) is 11.3. The van der Waals surface area contributed by atoms with E-state index in [-0.39, 0.29) is 30.9 Å². The minimum absolute atomic E-state index is 0.163. The molecule has 3 rings (SSSR count). The first-order valence-corrected chi connectivity index (χ1v) is 7.11. The van der Waals surface area contributed by atoms with Crippen molar-refractivity contribution < 1.29 is 9.59 Å². The van der Waals surface area contributed by atoms with Crippen LogP contribution in [-0.2, 0) is 16.1 Å². The highest BCUT2D eigenvalue weighted by Gasteiger charge is 2.32. The molecule has 5 heteroatoms. The van der Waals surface area contributed by atoms with Gasteiger partial charge in [-0.3, -0.25) is 24.8 Å². The van der Waals surface area contributed by atoms with Crippen molar-refractivity contribution in [2.45, 2.75) is 25.9 Å². The van der Waals surface area contributed by atoms with Gasteiger partial charge in [0.2, 0.25) is 11.8 Å². The molecule has 1 aliphatic heterocycles. The summed E-state index contributed by atoms with van der Waals surface area (Å²) in [5.74, 6) is -0.358. The fourth-order valence-electron chi connectivity index (χ4n) is 2.55. The number of carbonyl (C=O) groups is 2. The molecule has 0 spiro atoms. The molecule has 1 atom stereocenters. The van der Waals surface area contributed by atoms with Gasteiger partial charge in [0.25, 0.3) is 0 Å². The van der Waals surface area contributed by atoms with Gasteiger partial charge in [-0.2, -0.15) is 0 Å². The molecule has 1 saturated heterocycles. The van der Waals surface area contributed by atoms with E-state index in [4.69, 9.17) is 0 Å². The second-order valence-electron chi connectivity index (χ2n) is 5.16. The normalized spacial score (nSPS) is 19.3. The van der Waals surface area contributed by atoms with Gasteiger partial charge in [-0.25, -0.2) is 0 Å². The van der Waals surface area contributed by atoms with Crippen molar-refractivity contribution in [3.63, 3.8) is 0 Å². The number of nitrogens with zero attached hydrogens (tertiary/aromatic N) is 2. The van der Waals surface area contributed by atoms with E-state index in [9.17, 15) is 9.59 Å². The predicted octanol–water partition coefficient (Wildman–Crippen LogP) is 1.47. The average Bonchev–Trinajstić information content (AvgIpc) is 2.51. The van der Waals surface area contributed by atoms with Crippen molar-refractivity contribution in [1.82, 2.24) is 15.2 Å². The van der Waals surface area contributed by atoms with Gasteiger partial charge in [0.1, 0.15) is 0 Å². The standard InChI is InChI=1S/C16H17N3O2/c1-2-13-16(21)19(15(20)9-17-13)10-12-8-7-11-5-3-4-6-14(11)18-12/h3-8,13,17H,2,9-10H2,1H3. The summed E-state index contributed by atoms with van der Waals surface area (Å²) in [5.41, 5.74) is 1.60. The van der Waals surface area contributed by atoms with E-state index in [0.717, 1.165) is 16.6 Å². The van der Waals surface area contributed by atoms with Gasteiger partial charge in [-0.05, 0) is 18.6 Å². The Morgan fingerprint density at radius 3 is 2.86 bits per heavy atom. The number of piperazine rings is 1. The van der Waals surface area contributed by atoms with Gasteiger partial charge in [-0.15, -0.1) is 0 Å². The molecule has 0 bridgehead atoms. The Morgan fingerprint density at radius 1 is 1.24 bits per heavy atom. The van der Waals surface area contributed by atoms with E-state index in [1.165, 1.54) is 4.90 Å². The summed E-state index contributed by atoms with van der Waals surface area (Å²) in [7, 11) is 0. The molecule has 1 aromatic heterocycles. The first-order valence-electron chi connectivity index (χ1n) is 7.11. The van der Waals surface area contributed by atoms with E-state index in [1.54, 1.807) is 0 Å². The number of amides is 2. The second-order valence-corrected chi connectivity index (χ2v) is 5.16. The number of hydrogen-bond donors (Lipinski definition) is 1. The molecule has 1 aromatic carbocycles. The van der Waals surface area contributed by atoms with Crippen molar-refractivity contribution in [2.75, 3.05) is 6.54 Å². The Morgan fingerprint density at radius 2 is 2.05 bits per heavy atom. The maximum atomic E-state index is 12.2. The van der Waals surface area contributed by atoms with Crippen LogP contribution < -0.4 is 5.32 Å². The molecule has 108 valence electrons. The number of benzene rings is 1. The third-order valence-corrected chi connectivity index (χ3v) is 3.75. The molecule has 2 heterocycles. The number of imide groups is 1. The number of fused-ring (bicyclic) bond motifs is 1. The highest BCUT2D eigenvalue weighted by atomic mass is 16.2. The molecular weight excluding hydrogens is 266 g/mol. The number of carbonyl (C=O) groups excluding carboxylic acids is 2. The van der Waals surface area contributed by atoms with Gasteiger partial charge >= 0.3 is 0 Å². The third-order valence-electron chi connectivity index (χ3n) is 3.75. The quantitative estimate of drug-likeness (QED) is 0.867. The fraction of sp³-hybridized carbons (Fsp3) is 0.312. The molecule has 1 aliphatic rings. The number of pyridine rings is 1. The molecule has 0 saturated carbocycles. The molecule has 21 heavy (non-hydrogen) atoms. The Labute approximate surface area is 123 Å². The van der Waals surface area contributed by atoms with Crippen LogP contribution in [0.3, 0.4) is 0 Å². The van der Waals surface area contributed by atoms with Crippen LogP contribution in [0.15, 0.2) is 36.4 Å². The van der Waals surface area contributed by atoms with Crippen molar-refractivity contribution in [1.29, 1.82) is 0 Å². The van der Waals surface area contributed by atoms with Crippen LogP contribution in [0.25, 0.3) is 10.9 Å². The zero-order valence-electron chi connectivity index (χ0n) is 11.9. The van der Waals surface area contributed by atoms with Gasteiger partial charge in [0, 0.05) is 5.39 Å². The number of rotatable bonds is 3. The summed E-state index contributed by atoms with van der Waals surface area (Å²) in [6.45, 7) is 2.37. The highest BCUT2D eigenvalue weighted by molar-refractivity contribution is 6.01. The number of aromatic nitrogens is 1. The lowest BCUT2D eigenvalue weighted by Gasteiger charge is -2.30. The van der Waals surface area contributed by atoms with Gasteiger partial charge in [-0.1, -0.05) is 31.2 Å². The van der Waals surface area contributed by atoms with Crippen molar-refractivity contribution in [3.8, 4) is 0 Å². The first kappa shape index (κ1) is 13.7. The van der Waals surface area contributed by atoms with Gasteiger partial charge in [0.05, 0.1) is 30.3 Å². The molecule has 2 amide bonds. The summed E-state index contributed by atoms with van der Waals surface area (Å²) in [5, 5.41) is 4.00. The first-order chi connectivity index (χ1) is 10.2. The Kier molecular flexibility index (Phi) is 3.66. The fourth-order valence-corrected chi connectivity index (χ4v) is 2.55. The molecular formula is C16H17N3O2. The van der Waals surface area contributed by atoms with Crippen LogP contribution in [-0.4, -0.2) is 34.3 Å². The zero-order valence-corrected chi connectivity index (χ0v) is 11.9. The monoisotopic (exact) mass is 283 g/mol. The van der Waals surface area contributed by atoms with Crippen molar-refractivity contribution in [3.05, 3.63) is 42.1 Å². The lowest BCUT2D eigenvalue weighted by atomic mass is 10.1. The lowest BCUT2D eigenvalue weighted by Crippen LogP contribution is -2.57. The third kappa shape index (κ3) is 2.64. The molecule has 2 aromatic rings. The molecule has 1 N–H and O–H groups in total. The smallest absolute Gasteiger partial charge is 0.246 e. The van der Waals surface area contributed by atoms with Crippen LogP contribution in [0.2, 0.25) is 0 Å². The summed E-state index contributed by atoms with van der Waals surface area (Å²) in [4.78, 5) is 30.0. The Bertz CT molecular complexity index is 699. The minimum Gasteiger partial charge on any atom is -0.297 e. The zero-order chi connectivity index (χ0) is 14.8. The SMILES string of the molecule is CCC1NCC(=O)N(Cc2ccc3ccccc3n2)C1=O. The highest BCUT2D eigenvalue weighted by Crippen LogP contribution is 2.15. The number of para-hydroxylation sites is 1. The van der Waals surface area contributed by atoms with Crippen LogP contribution in [0.1, 0.15) is 19.0 Å². The largest absolute Gasteiger partial charge is 0.297 e. The number of nitrogens with one attached hydrogen (secondary N) is 1. The lowest BCUT2D eigenvalue weighted by molar-refractivity contribution is -0.150. The molecule has 1 fully saturated rings. The summed E-state index contributed by atoms with van der Waals surface area (Å²) in [6.07, 6.45) is 0.674. The van der Waals surface area contributed by atoms with Crippen LogP contribution >= 0.6 is 0 Å². The molecule has 1 unspecified atom stereocenters. The Balaban J connectivity index is 1.86. The summed E-state index contributed by atoms with van der Waals surface area (Å²) < 4.78 is 0. The van der Waals surface area contributed by atoms with E-state index in [1.807, 2.05) is 43.3 Å². The van der Waals surface area contributed by atoms with Crippen molar-refractivity contribution >= 4 is 22.7 Å². The van der Waals surface area contributed by atoms with E-state index in [2.05, 4.69) is 10.3 Å². The maximum absolute atomic E-state index is 12.2. The second kappa shape index (κ2) is 5.61. The van der Waals surface area contributed by atoms with E-state index in [0.29, 0.717) is 6.42 Å². The molecule has 0 aliphatic carbocycles. The topological polar surface area (TPSA) is 62.3 Å². The van der Waals surface area contributed by atoms with Gasteiger partial charge < -0.3 is 0 Å². The van der Waals surface area contributed by atoms with Crippen LogP contribution in [0.4, 0.5) is 0 Å². The predicted molar refractivity (Wildman–Crippen MR) is 79.4 cm³/mol. The van der Waals surface area contributed by atoms with Crippen molar-refractivity contribution in [2.24, 2.45) is 0 Å². The van der Waals surface area contributed by atoms with Gasteiger partial charge in [0.15, 0.2) is 0 Å². The molecule has 0 radical (unpaired) electrons. The Hall–Kier alpha value is -2.27. The summed E-state index contributed by atoms with van der Waals surface area (Å²) >= 11 is 0. The minimum atomic E-state index is -0.275.